The predicted molar refractivity (Wildman–Crippen MR) is 60.6 cm³/mol. The standard InChI is InChI=1S/C12H13NO4/c1-7(2)10(14)12-11(17-12)8-3-5-9(6-4-8)13(15)16/h3-7,11-12H,1-2H3/t11-,12+/m0/s1. The van der Waals surface area contributed by atoms with E-state index in [2.05, 4.69) is 0 Å². The van der Waals surface area contributed by atoms with E-state index in [1.807, 2.05) is 13.8 Å². The van der Waals surface area contributed by atoms with Crippen molar-refractivity contribution in [2.75, 3.05) is 0 Å². The average Bonchev–Trinajstić information content (AvgIpc) is 3.08. The number of epoxide rings is 1. The summed E-state index contributed by atoms with van der Waals surface area (Å²) in [6, 6.07) is 6.12. The number of ether oxygens (including phenoxy) is 1. The number of non-ortho nitro benzene ring substituents is 1. The van der Waals surface area contributed by atoms with Crippen molar-refractivity contribution in [2.24, 2.45) is 5.92 Å². The molecule has 2 atom stereocenters. The molecule has 1 heterocycles. The maximum atomic E-state index is 11.6. The van der Waals surface area contributed by atoms with E-state index in [1.165, 1.54) is 12.1 Å². The molecule has 1 aliphatic rings. The maximum Gasteiger partial charge on any atom is 0.269 e. The Morgan fingerprint density at radius 2 is 1.94 bits per heavy atom. The van der Waals surface area contributed by atoms with Gasteiger partial charge in [-0.05, 0) is 17.7 Å². The molecule has 2 rings (SSSR count). The van der Waals surface area contributed by atoms with E-state index in [1.54, 1.807) is 12.1 Å². The molecule has 0 aromatic heterocycles. The zero-order valence-electron chi connectivity index (χ0n) is 9.62. The summed E-state index contributed by atoms with van der Waals surface area (Å²) in [6.45, 7) is 3.66. The minimum Gasteiger partial charge on any atom is -0.356 e. The van der Waals surface area contributed by atoms with E-state index in [0.29, 0.717) is 0 Å². The van der Waals surface area contributed by atoms with Crippen molar-refractivity contribution in [3.63, 3.8) is 0 Å². The van der Waals surface area contributed by atoms with E-state index in [-0.39, 0.29) is 29.6 Å². The van der Waals surface area contributed by atoms with E-state index in [0.717, 1.165) is 5.56 Å². The first-order valence-corrected chi connectivity index (χ1v) is 5.44. The molecule has 0 N–H and O–H groups in total. The van der Waals surface area contributed by atoms with Crippen LogP contribution >= 0.6 is 0 Å². The first kappa shape index (κ1) is 11.7. The monoisotopic (exact) mass is 235 g/mol. The molecule has 0 spiro atoms. The molecule has 90 valence electrons. The molecule has 0 amide bonds. The van der Waals surface area contributed by atoms with Gasteiger partial charge in [0.05, 0.1) is 4.92 Å². The SMILES string of the molecule is CC(C)C(=O)[C@H]1O[C@H]1c1ccc([N+](=O)[O-])cc1. The van der Waals surface area contributed by atoms with Crippen LogP contribution in [0.5, 0.6) is 0 Å². The van der Waals surface area contributed by atoms with Gasteiger partial charge in [-0.2, -0.15) is 0 Å². The zero-order valence-corrected chi connectivity index (χ0v) is 9.62. The summed E-state index contributed by atoms with van der Waals surface area (Å²) in [7, 11) is 0. The van der Waals surface area contributed by atoms with Crippen LogP contribution in [0.3, 0.4) is 0 Å². The largest absolute Gasteiger partial charge is 0.356 e. The Kier molecular flexibility index (Phi) is 2.93. The molecule has 17 heavy (non-hydrogen) atoms. The highest BCUT2D eigenvalue weighted by Gasteiger charge is 2.46. The molecule has 1 aromatic carbocycles. The number of hydrogen-bond donors (Lipinski definition) is 0. The van der Waals surface area contributed by atoms with Crippen LogP contribution in [0.25, 0.3) is 0 Å². The van der Waals surface area contributed by atoms with E-state index in [4.69, 9.17) is 4.74 Å². The second-order valence-electron chi connectivity index (χ2n) is 4.38. The number of carbonyl (C=O) groups is 1. The van der Waals surface area contributed by atoms with Crippen LogP contribution in [-0.4, -0.2) is 16.8 Å². The number of Topliss-reactive ketones (excluding diaryl/α,β-unsaturated/α-hetero) is 1. The number of hydrogen-bond acceptors (Lipinski definition) is 4. The van der Waals surface area contributed by atoms with Crippen LogP contribution < -0.4 is 0 Å². The minimum atomic E-state index is -0.450. The Balaban J connectivity index is 2.06. The predicted octanol–water partition coefficient (Wildman–Crippen LogP) is 2.26. The smallest absolute Gasteiger partial charge is 0.269 e. The molecular weight excluding hydrogens is 222 g/mol. The summed E-state index contributed by atoms with van der Waals surface area (Å²) >= 11 is 0. The molecule has 1 aromatic rings. The van der Waals surface area contributed by atoms with Gasteiger partial charge >= 0.3 is 0 Å². The summed E-state index contributed by atoms with van der Waals surface area (Å²) in [4.78, 5) is 21.7. The second kappa shape index (κ2) is 4.25. The highest BCUT2D eigenvalue weighted by Crippen LogP contribution is 2.40. The Labute approximate surface area is 98.5 Å². The van der Waals surface area contributed by atoms with E-state index in [9.17, 15) is 14.9 Å². The van der Waals surface area contributed by atoms with Crippen LogP contribution in [0.4, 0.5) is 5.69 Å². The third-order valence-electron chi connectivity index (χ3n) is 2.77. The maximum absolute atomic E-state index is 11.6. The number of nitro benzene ring substituents is 1. The van der Waals surface area contributed by atoms with Crippen molar-refractivity contribution in [1.29, 1.82) is 0 Å². The molecule has 5 nitrogen and oxygen atoms in total. The van der Waals surface area contributed by atoms with Gasteiger partial charge < -0.3 is 4.74 Å². The van der Waals surface area contributed by atoms with Crippen molar-refractivity contribution < 1.29 is 14.5 Å². The molecule has 5 heteroatoms. The lowest BCUT2D eigenvalue weighted by molar-refractivity contribution is -0.384. The second-order valence-corrected chi connectivity index (χ2v) is 4.38. The number of nitro groups is 1. The Hall–Kier alpha value is -1.75. The van der Waals surface area contributed by atoms with Gasteiger partial charge in [-0.3, -0.25) is 14.9 Å². The third kappa shape index (κ3) is 2.34. The van der Waals surface area contributed by atoms with E-state index < -0.39 is 4.92 Å². The van der Waals surface area contributed by atoms with Gasteiger partial charge in [0, 0.05) is 18.1 Å². The lowest BCUT2D eigenvalue weighted by atomic mass is 10.0. The molecule has 0 aliphatic carbocycles. The van der Waals surface area contributed by atoms with Crippen molar-refractivity contribution in [1.82, 2.24) is 0 Å². The lowest BCUT2D eigenvalue weighted by Crippen LogP contribution is -2.14. The number of carbonyl (C=O) groups excluding carboxylic acids is 1. The summed E-state index contributed by atoms with van der Waals surface area (Å²) in [6.07, 6.45) is -0.609. The molecule has 0 saturated carbocycles. The summed E-state index contributed by atoms with van der Waals surface area (Å²) < 4.78 is 5.31. The molecule has 1 aliphatic heterocycles. The third-order valence-corrected chi connectivity index (χ3v) is 2.77. The number of rotatable bonds is 4. The summed E-state index contributed by atoms with van der Waals surface area (Å²) in [5.41, 5.74) is 0.857. The summed E-state index contributed by atoms with van der Waals surface area (Å²) in [5.74, 6) is 0.0244. The fourth-order valence-electron chi connectivity index (χ4n) is 1.70. The van der Waals surface area contributed by atoms with Crippen molar-refractivity contribution >= 4 is 11.5 Å². The van der Waals surface area contributed by atoms with Gasteiger partial charge in [-0.1, -0.05) is 13.8 Å². The van der Waals surface area contributed by atoms with Crippen molar-refractivity contribution in [2.45, 2.75) is 26.1 Å². The van der Waals surface area contributed by atoms with Gasteiger partial charge in [0.1, 0.15) is 12.2 Å². The van der Waals surface area contributed by atoms with Crippen LogP contribution in [0.1, 0.15) is 25.5 Å². The first-order valence-electron chi connectivity index (χ1n) is 5.44. The van der Waals surface area contributed by atoms with Crippen LogP contribution in [0.2, 0.25) is 0 Å². The molecule has 0 bridgehead atoms. The normalized spacial score (nSPS) is 22.5. The minimum absolute atomic E-state index is 0.0427. The number of benzene rings is 1. The van der Waals surface area contributed by atoms with Gasteiger partial charge in [0.2, 0.25) is 0 Å². The van der Waals surface area contributed by atoms with Gasteiger partial charge in [-0.15, -0.1) is 0 Å². The van der Waals surface area contributed by atoms with Crippen molar-refractivity contribution in [3.05, 3.63) is 39.9 Å². The van der Waals surface area contributed by atoms with Gasteiger partial charge in [-0.25, -0.2) is 0 Å². The molecule has 1 saturated heterocycles. The molecule has 0 radical (unpaired) electrons. The van der Waals surface area contributed by atoms with Crippen LogP contribution in [0.15, 0.2) is 24.3 Å². The number of ketones is 1. The fraction of sp³-hybridized carbons (Fsp3) is 0.417. The Morgan fingerprint density at radius 3 is 2.41 bits per heavy atom. The summed E-state index contributed by atoms with van der Waals surface area (Å²) in [5, 5.41) is 10.5. The molecular formula is C12H13NO4. The molecule has 1 fully saturated rings. The highest BCUT2D eigenvalue weighted by molar-refractivity contribution is 5.87. The average molecular weight is 235 g/mol. The molecule has 0 unspecified atom stereocenters. The zero-order chi connectivity index (χ0) is 12.6. The lowest BCUT2D eigenvalue weighted by Gasteiger charge is -1.99. The Bertz CT molecular complexity index is 452. The van der Waals surface area contributed by atoms with Crippen LogP contribution in [-0.2, 0) is 9.53 Å². The number of nitrogens with zero attached hydrogens (tertiary/aromatic N) is 1. The first-order chi connectivity index (χ1) is 8.00. The highest BCUT2D eigenvalue weighted by atomic mass is 16.6. The fourth-order valence-corrected chi connectivity index (χ4v) is 1.70. The van der Waals surface area contributed by atoms with Gasteiger partial charge in [0.15, 0.2) is 5.78 Å². The quantitative estimate of drug-likeness (QED) is 0.456. The topological polar surface area (TPSA) is 72.7 Å². The Morgan fingerprint density at radius 1 is 1.35 bits per heavy atom. The van der Waals surface area contributed by atoms with Gasteiger partial charge in [0.25, 0.3) is 5.69 Å². The van der Waals surface area contributed by atoms with Crippen molar-refractivity contribution in [3.8, 4) is 0 Å². The van der Waals surface area contributed by atoms with Crippen LogP contribution in [0, 0.1) is 16.0 Å². The van der Waals surface area contributed by atoms with E-state index >= 15 is 0 Å².